The quantitative estimate of drug-likeness (QED) is 0.293. The molecule has 0 radical (unpaired) electrons. The molecule has 0 atom stereocenters. The second-order valence-electron chi connectivity index (χ2n) is 8.45. The molecule has 0 amide bonds. The largest absolute Gasteiger partial charge is 0.481 e. The van der Waals surface area contributed by atoms with E-state index in [1.54, 1.807) is 0 Å². The molecular formula is C28H34N2O2. The van der Waals surface area contributed by atoms with Crippen molar-refractivity contribution in [3.05, 3.63) is 72.1 Å². The molecule has 0 aliphatic carbocycles. The molecule has 1 heterocycles. The molecule has 3 rings (SSSR count). The van der Waals surface area contributed by atoms with Crippen molar-refractivity contribution < 1.29 is 9.90 Å². The highest BCUT2D eigenvalue weighted by atomic mass is 16.4. The van der Waals surface area contributed by atoms with Gasteiger partial charge in [-0.1, -0.05) is 81.1 Å². The van der Waals surface area contributed by atoms with Crippen molar-refractivity contribution in [2.75, 3.05) is 0 Å². The smallest absolute Gasteiger partial charge is 0.303 e. The van der Waals surface area contributed by atoms with Crippen LogP contribution >= 0.6 is 0 Å². The summed E-state index contributed by atoms with van der Waals surface area (Å²) in [6, 6.07) is 17.0. The van der Waals surface area contributed by atoms with Crippen molar-refractivity contribution in [1.29, 1.82) is 0 Å². The third-order valence-corrected chi connectivity index (χ3v) is 5.83. The van der Waals surface area contributed by atoms with Gasteiger partial charge in [0.15, 0.2) is 5.82 Å². The van der Waals surface area contributed by atoms with Gasteiger partial charge in [0.1, 0.15) is 0 Å². The van der Waals surface area contributed by atoms with Crippen molar-refractivity contribution in [2.24, 2.45) is 0 Å². The summed E-state index contributed by atoms with van der Waals surface area (Å²) in [6.07, 6.45) is 14.2. The van der Waals surface area contributed by atoms with Gasteiger partial charge in [0.25, 0.3) is 0 Å². The molecule has 0 saturated heterocycles. The number of aryl methyl sites for hydroxylation is 2. The summed E-state index contributed by atoms with van der Waals surface area (Å²) in [5.74, 6) is 0.0239. The van der Waals surface area contributed by atoms with E-state index in [4.69, 9.17) is 5.11 Å². The molecular weight excluding hydrogens is 396 g/mol. The molecule has 0 bridgehead atoms. The van der Waals surface area contributed by atoms with Crippen LogP contribution in [0.25, 0.3) is 22.5 Å². The number of rotatable bonds is 13. The lowest BCUT2D eigenvalue weighted by Gasteiger charge is -2.06. The number of carbonyl (C=O) groups is 1. The van der Waals surface area contributed by atoms with E-state index in [9.17, 15) is 4.79 Å². The molecule has 168 valence electrons. The van der Waals surface area contributed by atoms with Crippen molar-refractivity contribution in [2.45, 2.75) is 71.1 Å². The number of carboxylic acid groups (broad SMARTS) is 1. The second-order valence-corrected chi connectivity index (χ2v) is 8.45. The number of hydrogen-bond donors (Lipinski definition) is 1. The highest BCUT2D eigenvalue weighted by Crippen LogP contribution is 2.22. The Labute approximate surface area is 191 Å². The van der Waals surface area contributed by atoms with Crippen LogP contribution in [-0.2, 0) is 17.6 Å². The van der Waals surface area contributed by atoms with Crippen LogP contribution in [-0.4, -0.2) is 21.0 Å². The molecule has 1 N–H and O–H groups in total. The highest BCUT2D eigenvalue weighted by Gasteiger charge is 2.05. The molecule has 0 spiro atoms. The van der Waals surface area contributed by atoms with Crippen LogP contribution in [0.4, 0.5) is 0 Å². The molecule has 0 unspecified atom stereocenters. The zero-order valence-electron chi connectivity index (χ0n) is 19.1. The molecule has 3 aromatic rings. The molecule has 4 heteroatoms. The highest BCUT2D eigenvalue weighted by molar-refractivity contribution is 5.66. The second kappa shape index (κ2) is 12.7. The number of benzene rings is 2. The molecule has 0 fully saturated rings. The first-order valence-electron chi connectivity index (χ1n) is 11.9. The zero-order chi connectivity index (χ0) is 22.6. The van der Waals surface area contributed by atoms with E-state index in [0.717, 1.165) is 41.8 Å². The first kappa shape index (κ1) is 23.6. The molecule has 4 nitrogen and oxygen atoms in total. The van der Waals surface area contributed by atoms with Crippen LogP contribution in [0.3, 0.4) is 0 Å². The zero-order valence-corrected chi connectivity index (χ0v) is 19.1. The minimum absolute atomic E-state index is 0.240. The average molecular weight is 431 g/mol. The van der Waals surface area contributed by atoms with E-state index in [-0.39, 0.29) is 6.42 Å². The predicted octanol–water partition coefficient (Wildman–Crippen LogP) is 7.12. The van der Waals surface area contributed by atoms with Gasteiger partial charge in [-0.15, -0.1) is 0 Å². The lowest BCUT2D eigenvalue weighted by atomic mass is 10.0. The fraction of sp³-hybridized carbons (Fsp3) is 0.393. The lowest BCUT2D eigenvalue weighted by molar-refractivity contribution is -0.137. The van der Waals surface area contributed by atoms with E-state index in [1.807, 2.05) is 12.4 Å². The summed E-state index contributed by atoms with van der Waals surface area (Å²) in [6.45, 7) is 2.25. The Kier molecular flexibility index (Phi) is 9.42. The number of aromatic nitrogens is 2. The Hall–Kier alpha value is -3.01. The average Bonchev–Trinajstić information content (AvgIpc) is 2.83. The molecule has 0 aliphatic rings. The summed E-state index contributed by atoms with van der Waals surface area (Å²) in [4.78, 5) is 19.8. The topological polar surface area (TPSA) is 63.1 Å². The Balaban J connectivity index is 1.52. The van der Waals surface area contributed by atoms with Gasteiger partial charge < -0.3 is 5.11 Å². The van der Waals surface area contributed by atoms with Crippen molar-refractivity contribution in [3.63, 3.8) is 0 Å². The van der Waals surface area contributed by atoms with Crippen LogP contribution in [0.15, 0.2) is 60.9 Å². The fourth-order valence-electron chi connectivity index (χ4n) is 3.85. The standard InChI is InChI=1S/C28H34N2O2/c1-2-3-4-5-6-9-22-14-18-25(19-15-22)28-29-20-26(21-30-28)24-16-12-23(13-17-24)10-7-8-11-27(31)32/h12-21H,2-11H2,1H3,(H,31,32). The van der Waals surface area contributed by atoms with Gasteiger partial charge in [0, 0.05) is 29.9 Å². The predicted molar refractivity (Wildman–Crippen MR) is 131 cm³/mol. The number of hydrogen-bond acceptors (Lipinski definition) is 3. The molecule has 2 aromatic carbocycles. The molecule has 0 saturated carbocycles. The Morgan fingerprint density at radius 2 is 1.22 bits per heavy atom. The van der Waals surface area contributed by atoms with E-state index < -0.39 is 5.97 Å². The van der Waals surface area contributed by atoms with Crippen LogP contribution in [0.1, 0.15) is 69.4 Å². The number of aliphatic carboxylic acids is 1. The fourth-order valence-corrected chi connectivity index (χ4v) is 3.85. The monoisotopic (exact) mass is 430 g/mol. The Morgan fingerprint density at radius 3 is 1.78 bits per heavy atom. The molecule has 0 aliphatic heterocycles. The van der Waals surface area contributed by atoms with Crippen molar-refractivity contribution in [3.8, 4) is 22.5 Å². The normalized spacial score (nSPS) is 10.9. The van der Waals surface area contributed by atoms with Gasteiger partial charge in [-0.05, 0) is 48.8 Å². The van der Waals surface area contributed by atoms with Crippen LogP contribution < -0.4 is 0 Å². The third-order valence-electron chi connectivity index (χ3n) is 5.83. The summed E-state index contributed by atoms with van der Waals surface area (Å²) in [7, 11) is 0. The summed E-state index contributed by atoms with van der Waals surface area (Å²) in [5.41, 5.74) is 5.73. The molecule has 32 heavy (non-hydrogen) atoms. The number of carboxylic acids is 1. The van der Waals surface area contributed by atoms with Gasteiger partial charge in [0.05, 0.1) is 0 Å². The third kappa shape index (κ3) is 7.60. The minimum atomic E-state index is -0.724. The Morgan fingerprint density at radius 1 is 0.688 bits per heavy atom. The van der Waals surface area contributed by atoms with Crippen LogP contribution in [0.5, 0.6) is 0 Å². The van der Waals surface area contributed by atoms with Gasteiger partial charge in [-0.2, -0.15) is 0 Å². The first-order chi connectivity index (χ1) is 15.7. The van der Waals surface area contributed by atoms with Crippen molar-refractivity contribution in [1.82, 2.24) is 9.97 Å². The van der Waals surface area contributed by atoms with Crippen molar-refractivity contribution >= 4 is 5.97 Å². The number of nitrogens with zero attached hydrogens (tertiary/aromatic N) is 2. The summed E-state index contributed by atoms with van der Waals surface area (Å²) < 4.78 is 0. The van der Waals surface area contributed by atoms with E-state index in [1.165, 1.54) is 43.2 Å². The van der Waals surface area contributed by atoms with E-state index in [0.29, 0.717) is 6.42 Å². The number of unbranched alkanes of at least 4 members (excludes halogenated alkanes) is 5. The van der Waals surface area contributed by atoms with Gasteiger partial charge >= 0.3 is 5.97 Å². The van der Waals surface area contributed by atoms with Gasteiger partial charge in [0.2, 0.25) is 0 Å². The maximum Gasteiger partial charge on any atom is 0.303 e. The van der Waals surface area contributed by atoms with Crippen LogP contribution in [0, 0.1) is 0 Å². The summed E-state index contributed by atoms with van der Waals surface area (Å²) >= 11 is 0. The SMILES string of the molecule is CCCCCCCc1ccc(-c2ncc(-c3ccc(CCCCC(=O)O)cc3)cn2)cc1. The summed E-state index contributed by atoms with van der Waals surface area (Å²) in [5, 5.41) is 8.72. The maximum atomic E-state index is 10.6. The van der Waals surface area contributed by atoms with E-state index >= 15 is 0 Å². The van der Waals surface area contributed by atoms with Crippen LogP contribution in [0.2, 0.25) is 0 Å². The lowest BCUT2D eigenvalue weighted by Crippen LogP contribution is -1.95. The van der Waals surface area contributed by atoms with Gasteiger partial charge in [-0.25, -0.2) is 9.97 Å². The van der Waals surface area contributed by atoms with Gasteiger partial charge in [-0.3, -0.25) is 4.79 Å². The maximum absolute atomic E-state index is 10.6. The van der Waals surface area contributed by atoms with E-state index in [2.05, 4.69) is 65.4 Å². The molecule has 1 aromatic heterocycles. The first-order valence-corrected chi connectivity index (χ1v) is 11.9. The minimum Gasteiger partial charge on any atom is -0.481 e. The Bertz CT molecular complexity index is 948.